The summed E-state index contributed by atoms with van der Waals surface area (Å²) >= 11 is 0. The third kappa shape index (κ3) is 4.08. The van der Waals surface area contributed by atoms with Crippen LogP contribution in [0.5, 0.6) is 17.2 Å². The molecule has 5 nitrogen and oxygen atoms in total. The molecule has 1 aliphatic heterocycles. The summed E-state index contributed by atoms with van der Waals surface area (Å²) < 4.78 is 16.1. The summed E-state index contributed by atoms with van der Waals surface area (Å²) in [5, 5.41) is 0. The van der Waals surface area contributed by atoms with Crippen LogP contribution in [0.25, 0.3) is 6.08 Å². The highest BCUT2D eigenvalue weighted by Crippen LogP contribution is 2.38. The summed E-state index contributed by atoms with van der Waals surface area (Å²) in [6.45, 7) is 0.776. The zero-order valence-corrected chi connectivity index (χ0v) is 16.0. The fraction of sp³-hybridized carbons (Fsp3) is 0.318. The highest BCUT2D eigenvalue weighted by atomic mass is 16.5. The van der Waals surface area contributed by atoms with Crippen LogP contribution >= 0.6 is 0 Å². The highest BCUT2D eigenvalue weighted by molar-refractivity contribution is 5.92. The van der Waals surface area contributed by atoms with Gasteiger partial charge >= 0.3 is 0 Å². The van der Waals surface area contributed by atoms with E-state index in [0.717, 1.165) is 24.9 Å². The third-order valence-electron chi connectivity index (χ3n) is 4.83. The van der Waals surface area contributed by atoms with Crippen molar-refractivity contribution in [1.82, 2.24) is 4.90 Å². The van der Waals surface area contributed by atoms with Gasteiger partial charge in [0.25, 0.3) is 0 Å². The van der Waals surface area contributed by atoms with Gasteiger partial charge in [-0.3, -0.25) is 4.79 Å². The number of hydrogen-bond acceptors (Lipinski definition) is 4. The van der Waals surface area contributed by atoms with E-state index in [2.05, 4.69) is 12.1 Å². The monoisotopic (exact) mass is 367 g/mol. The summed E-state index contributed by atoms with van der Waals surface area (Å²) in [5.41, 5.74) is 2.00. The quantitative estimate of drug-likeness (QED) is 0.722. The molecular formula is C22H25NO4. The fourth-order valence-electron chi connectivity index (χ4n) is 3.51. The van der Waals surface area contributed by atoms with Crippen molar-refractivity contribution in [2.75, 3.05) is 27.9 Å². The van der Waals surface area contributed by atoms with E-state index < -0.39 is 0 Å². The Morgan fingerprint density at radius 3 is 2.30 bits per heavy atom. The summed E-state index contributed by atoms with van der Waals surface area (Å²) in [6, 6.07) is 14.0. The van der Waals surface area contributed by atoms with Crippen LogP contribution in [0.4, 0.5) is 0 Å². The molecule has 0 bridgehead atoms. The van der Waals surface area contributed by atoms with Crippen LogP contribution in [-0.4, -0.2) is 38.7 Å². The lowest BCUT2D eigenvalue weighted by Gasteiger charge is -2.23. The molecule has 27 heavy (non-hydrogen) atoms. The topological polar surface area (TPSA) is 48.0 Å². The fourth-order valence-corrected chi connectivity index (χ4v) is 3.51. The molecule has 1 amide bonds. The molecule has 0 spiro atoms. The van der Waals surface area contributed by atoms with Crippen molar-refractivity contribution in [3.8, 4) is 17.2 Å². The average Bonchev–Trinajstić information content (AvgIpc) is 3.21. The zero-order valence-electron chi connectivity index (χ0n) is 16.0. The van der Waals surface area contributed by atoms with E-state index >= 15 is 0 Å². The first-order valence-electron chi connectivity index (χ1n) is 9.01. The van der Waals surface area contributed by atoms with Crippen molar-refractivity contribution in [1.29, 1.82) is 0 Å². The second-order valence-corrected chi connectivity index (χ2v) is 6.39. The summed E-state index contributed by atoms with van der Waals surface area (Å²) in [4.78, 5) is 14.7. The van der Waals surface area contributed by atoms with Crippen LogP contribution in [0.1, 0.15) is 30.0 Å². The van der Waals surface area contributed by atoms with Crippen molar-refractivity contribution >= 4 is 12.0 Å². The molecule has 0 radical (unpaired) electrons. The predicted octanol–water partition coefficient (Wildman–Crippen LogP) is 4.09. The van der Waals surface area contributed by atoms with Crippen LogP contribution in [0.3, 0.4) is 0 Å². The van der Waals surface area contributed by atoms with Crippen LogP contribution in [0.2, 0.25) is 0 Å². The van der Waals surface area contributed by atoms with Gasteiger partial charge in [-0.05, 0) is 42.2 Å². The smallest absolute Gasteiger partial charge is 0.247 e. The Morgan fingerprint density at radius 2 is 1.70 bits per heavy atom. The van der Waals surface area contributed by atoms with Crippen LogP contribution in [-0.2, 0) is 4.79 Å². The number of benzene rings is 2. The Balaban J connectivity index is 1.80. The Morgan fingerprint density at radius 1 is 1.04 bits per heavy atom. The first-order valence-corrected chi connectivity index (χ1v) is 9.01. The average molecular weight is 367 g/mol. The molecule has 2 aromatic carbocycles. The standard InChI is InChI=1S/C22H25NO4/c1-25-19-14-16(15-20(26-2)22(19)27-3)11-12-21(24)23-13-7-10-18(23)17-8-5-4-6-9-17/h4-6,8-9,11-12,14-15,18H,7,10,13H2,1-3H3. The lowest BCUT2D eigenvalue weighted by atomic mass is 10.0. The Bertz CT molecular complexity index is 791. The van der Waals surface area contributed by atoms with Crippen LogP contribution in [0.15, 0.2) is 48.5 Å². The summed E-state index contributed by atoms with van der Waals surface area (Å²) in [7, 11) is 4.71. The third-order valence-corrected chi connectivity index (χ3v) is 4.83. The van der Waals surface area contributed by atoms with Gasteiger partial charge in [0.2, 0.25) is 11.7 Å². The number of carbonyl (C=O) groups excluding carboxylic acids is 1. The van der Waals surface area contributed by atoms with Gasteiger partial charge in [0.1, 0.15) is 0 Å². The number of methoxy groups -OCH3 is 3. The van der Waals surface area contributed by atoms with E-state index in [4.69, 9.17) is 14.2 Å². The molecule has 1 aliphatic rings. The molecule has 1 atom stereocenters. The van der Waals surface area contributed by atoms with Crippen LogP contribution < -0.4 is 14.2 Å². The lowest BCUT2D eigenvalue weighted by molar-refractivity contribution is -0.126. The Hall–Kier alpha value is -2.95. The zero-order chi connectivity index (χ0) is 19.2. The number of ether oxygens (including phenoxy) is 3. The van der Waals surface area contributed by atoms with E-state index in [1.54, 1.807) is 33.5 Å². The van der Waals surface area contributed by atoms with Gasteiger partial charge in [0.15, 0.2) is 11.5 Å². The van der Waals surface area contributed by atoms with Crippen molar-refractivity contribution in [3.63, 3.8) is 0 Å². The maximum atomic E-state index is 12.8. The second-order valence-electron chi connectivity index (χ2n) is 6.39. The molecule has 5 heteroatoms. The number of carbonyl (C=O) groups is 1. The van der Waals surface area contributed by atoms with Gasteiger partial charge in [0, 0.05) is 12.6 Å². The molecule has 0 saturated carbocycles. The number of nitrogens with zero attached hydrogens (tertiary/aromatic N) is 1. The van der Waals surface area contributed by atoms with Gasteiger partial charge in [0.05, 0.1) is 27.4 Å². The van der Waals surface area contributed by atoms with E-state index in [9.17, 15) is 4.79 Å². The Kier molecular flexibility index (Phi) is 6.01. The second kappa shape index (κ2) is 8.62. The number of hydrogen-bond donors (Lipinski definition) is 0. The molecule has 142 valence electrons. The SMILES string of the molecule is COc1cc(C=CC(=O)N2CCCC2c2ccccc2)cc(OC)c1OC. The maximum Gasteiger partial charge on any atom is 0.247 e. The van der Waals surface area contributed by atoms with Crippen LogP contribution in [0, 0.1) is 0 Å². The number of amides is 1. The van der Waals surface area contributed by atoms with Gasteiger partial charge in [-0.25, -0.2) is 0 Å². The van der Waals surface area contributed by atoms with E-state index in [1.807, 2.05) is 35.2 Å². The van der Waals surface area contributed by atoms with Crippen molar-refractivity contribution in [2.45, 2.75) is 18.9 Å². The normalized spacial score (nSPS) is 16.6. The van der Waals surface area contributed by atoms with Gasteiger partial charge in [-0.2, -0.15) is 0 Å². The molecule has 1 unspecified atom stereocenters. The molecule has 0 aromatic heterocycles. The molecule has 0 aliphatic carbocycles. The van der Waals surface area contributed by atoms with E-state index in [-0.39, 0.29) is 11.9 Å². The minimum atomic E-state index is 0.00936. The van der Waals surface area contributed by atoms with Gasteiger partial charge < -0.3 is 19.1 Å². The summed E-state index contributed by atoms with van der Waals surface area (Å²) in [5.74, 6) is 1.67. The van der Waals surface area contributed by atoms with Crippen molar-refractivity contribution < 1.29 is 19.0 Å². The molecular weight excluding hydrogens is 342 g/mol. The highest BCUT2D eigenvalue weighted by Gasteiger charge is 2.28. The molecule has 0 N–H and O–H groups in total. The lowest BCUT2D eigenvalue weighted by Crippen LogP contribution is -2.28. The van der Waals surface area contributed by atoms with Crippen molar-refractivity contribution in [2.24, 2.45) is 0 Å². The van der Waals surface area contributed by atoms with Gasteiger partial charge in [-0.15, -0.1) is 0 Å². The molecule has 3 rings (SSSR count). The maximum absolute atomic E-state index is 12.8. The minimum absolute atomic E-state index is 0.00936. The molecule has 1 heterocycles. The minimum Gasteiger partial charge on any atom is -0.493 e. The molecule has 2 aromatic rings. The molecule has 1 fully saturated rings. The molecule has 1 saturated heterocycles. The first kappa shape index (κ1) is 18.8. The van der Waals surface area contributed by atoms with E-state index in [1.165, 1.54) is 5.56 Å². The van der Waals surface area contributed by atoms with Crippen molar-refractivity contribution in [3.05, 3.63) is 59.7 Å². The largest absolute Gasteiger partial charge is 0.493 e. The summed E-state index contributed by atoms with van der Waals surface area (Å²) in [6.07, 6.45) is 5.41. The number of rotatable bonds is 6. The predicted molar refractivity (Wildman–Crippen MR) is 105 cm³/mol. The van der Waals surface area contributed by atoms with Gasteiger partial charge in [-0.1, -0.05) is 30.3 Å². The Labute approximate surface area is 160 Å². The number of likely N-dealkylation sites (tertiary alicyclic amines) is 1. The van der Waals surface area contributed by atoms with E-state index in [0.29, 0.717) is 17.2 Å². The first-order chi connectivity index (χ1) is 13.2.